The van der Waals surface area contributed by atoms with Gasteiger partial charge in [0.05, 0.1) is 0 Å². The van der Waals surface area contributed by atoms with Gasteiger partial charge in [-0.3, -0.25) is 4.79 Å². The normalized spacial score (nSPS) is 10.5. The summed E-state index contributed by atoms with van der Waals surface area (Å²) >= 11 is 1.41. The Hall–Kier alpha value is -1.52. The maximum atomic E-state index is 11.6. The van der Waals surface area contributed by atoms with Gasteiger partial charge in [0, 0.05) is 16.3 Å². The van der Waals surface area contributed by atoms with Gasteiger partial charge in [-0.05, 0) is 29.6 Å². The van der Waals surface area contributed by atoms with E-state index in [-0.39, 0.29) is 23.7 Å². The summed E-state index contributed by atoms with van der Waals surface area (Å²) in [4.78, 5) is 14.4. The minimum absolute atomic E-state index is 0. The molecule has 2 N–H and O–H groups in total. The molecule has 3 nitrogen and oxygen atoms in total. The lowest BCUT2D eigenvalue weighted by atomic mass is 10.1. The Morgan fingerprint density at radius 1 is 1.19 bits per heavy atom. The number of aromatic hydroxyl groups is 1. The minimum atomic E-state index is -0.0711. The highest BCUT2D eigenvalue weighted by Crippen LogP contribution is 2.27. The lowest BCUT2D eigenvalue weighted by Crippen LogP contribution is -2.03. The fourth-order valence-electron chi connectivity index (χ4n) is 1.74. The molecule has 0 aliphatic carbocycles. The van der Waals surface area contributed by atoms with Gasteiger partial charge < -0.3 is 10.1 Å². The van der Waals surface area contributed by atoms with Crippen LogP contribution in [0.2, 0.25) is 0 Å². The second-order valence-corrected chi connectivity index (χ2v) is 4.26. The van der Waals surface area contributed by atoms with Gasteiger partial charge in [0.1, 0.15) is 10.4 Å². The predicted molar refractivity (Wildman–Crippen MR) is 68.9 cm³/mol. The number of hydrogen-bond donors (Lipinski definition) is 2. The van der Waals surface area contributed by atoms with Crippen molar-refractivity contribution in [3.63, 3.8) is 0 Å². The third-order valence-electron chi connectivity index (χ3n) is 2.41. The maximum absolute atomic E-state index is 11.6. The molecule has 0 fully saturated rings. The Balaban J connectivity index is 0.000000963. The number of halogens is 1. The average Bonchev–Trinajstić information content (AvgIpc) is 2.69. The maximum Gasteiger partial charge on any atom is 0.266 e. The number of aromatic amines is 1. The molecule has 2 aromatic heterocycles. The molecule has 0 saturated heterocycles. The molecular formula is C11H8ClNO2S. The fourth-order valence-corrected chi connectivity index (χ4v) is 2.54. The molecule has 0 saturated carbocycles. The number of nitrogens with one attached hydrogen (secondary N) is 1. The van der Waals surface area contributed by atoms with E-state index in [2.05, 4.69) is 4.98 Å². The molecule has 1 aromatic carbocycles. The molecule has 3 rings (SSSR count). The van der Waals surface area contributed by atoms with Gasteiger partial charge in [-0.2, -0.15) is 0 Å². The number of phenolic OH excluding ortho intramolecular Hbond substituents is 1. The number of rotatable bonds is 0. The summed E-state index contributed by atoms with van der Waals surface area (Å²) in [5, 5.41) is 13.1. The minimum Gasteiger partial charge on any atom is -0.508 e. The van der Waals surface area contributed by atoms with Crippen LogP contribution in [0.3, 0.4) is 0 Å². The van der Waals surface area contributed by atoms with Crippen LogP contribution >= 0.6 is 23.7 Å². The van der Waals surface area contributed by atoms with Crippen molar-refractivity contribution in [3.05, 3.63) is 40.0 Å². The Bertz CT molecular complexity index is 717. The zero-order valence-corrected chi connectivity index (χ0v) is 9.69. The lowest BCUT2D eigenvalue weighted by Gasteiger charge is -1.99. The summed E-state index contributed by atoms with van der Waals surface area (Å²) in [6, 6.07) is 6.84. The second-order valence-electron chi connectivity index (χ2n) is 3.35. The van der Waals surface area contributed by atoms with E-state index in [1.54, 1.807) is 18.2 Å². The van der Waals surface area contributed by atoms with Gasteiger partial charge in [-0.15, -0.1) is 23.7 Å². The predicted octanol–water partition coefficient (Wildman–Crippen LogP) is 2.87. The number of phenols is 1. The molecule has 0 aliphatic rings. The van der Waals surface area contributed by atoms with Crippen molar-refractivity contribution in [1.82, 2.24) is 4.98 Å². The van der Waals surface area contributed by atoms with Crippen molar-refractivity contribution in [1.29, 1.82) is 0 Å². The van der Waals surface area contributed by atoms with E-state index < -0.39 is 0 Å². The largest absolute Gasteiger partial charge is 0.508 e. The first-order chi connectivity index (χ1) is 7.25. The van der Waals surface area contributed by atoms with Crippen LogP contribution < -0.4 is 5.56 Å². The molecule has 0 amide bonds. The van der Waals surface area contributed by atoms with Gasteiger partial charge in [0.15, 0.2) is 0 Å². The molecule has 5 heteroatoms. The number of benzene rings is 1. The van der Waals surface area contributed by atoms with Crippen LogP contribution in [0, 0.1) is 0 Å². The summed E-state index contributed by atoms with van der Waals surface area (Å²) in [5.74, 6) is 0.210. The highest BCUT2D eigenvalue weighted by Gasteiger charge is 2.06. The quantitative estimate of drug-likeness (QED) is 0.647. The fraction of sp³-hybridized carbons (Fsp3) is 0. The van der Waals surface area contributed by atoms with Crippen molar-refractivity contribution in [2.24, 2.45) is 0 Å². The molecule has 0 unspecified atom stereocenters. The Kier molecular flexibility index (Phi) is 2.61. The van der Waals surface area contributed by atoms with E-state index in [1.807, 2.05) is 11.4 Å². The van der Waals surface area contributed by atoms with Crippen molar-refractivity contribution >= 4 is 44.7 Å². The highest BCUT2D eigenvalue weighted by atomic mass is 35.5. The van der Waals surface area contributed by atoms with Gasteiger partial charge >= 0.3 is 0 Å². The second kappa shape index (κ2) is 3.81. The Morgan fingerprint density at radius 2 is 2.00 bits per heavy atom. The number of hydrogen-bond acceptors (Lipinski definition) is 3. The van der Waals surface area contributed by atoms with Crippen LogP contribution in [-0.2, 0) is 0 Å². The molecule has 0 aliphatic heterocycles. The average molecular weight is 254 g/mol. The zero-order chi connectivity index (χ0) is 10.4. The molecule has 82 valence electrons. The van der Waals surface area contributed by atoms with Crippen LogP contribution in [0.5, 0.6) is 5.75 Å². The number of pyridine rings is 1. The summed E-state index contributed by atoms with van der Waals surface area (Å²) in [6.45, 7) is 0. The first-order valence-corrected chi connectivity index (χ1v) is 5.36. The van der Waals surface area contributed by atoms with Crippen molar-refractivity contribution in [2.45, 2.75) is 0 Å². The smallest absolute Gasteiger partial charge is 0.266 e. The summed E-state index contributed by atoms with van der Waals surface area (Å²) in [5.41, 5.74) is 0.682. The van der Waals surface area contributed by atoms with E-state index in [9.17, 15) is 9.90 Å². The first-order valence-electron chi connectivity index (χ1n) is 4.48. The number of H-pyrrole nitrogens is 1. The van der Waals surface area contributed by atoms with Gasteiger partial charge in [0.25, 0.3) is 5.56 Å². The highest BCUT2D eigenvalue weighted by molar-refractivity contribution is 7.17. The summed E-state index contributed by atoms with van der Waals surface area (Å²) < 4.78 is 0.702. The van der Waals surface area contributed by atoms with Crippen LogP contribution in [0.4, 0.5) is 0 Å². The molecular weight excluding hydrogens is 246 g/mol. The number of aromatic nitrogens is 1. The molecule has 3 aromatic rings. The Morgan fingerprint density at radius 3 is 2.81 bits per heavy atom. The third kappa shape index (κ3) is 1.47. The number of thiophene rings is 1. The van der Waals surface area contributed by atoms with Crippen LogP contribution in [0.1, 0.15) is 0 Å². The molecule has 2 heterocycles. The Labute approximate surface area is 101 Å². The van der Waals surface area contributed by atoms with Gasteiger partial charge in [-0.25, -0.2) is 0 Å². The lowest BCUT2D eigenvalue weighted by molar-refractivity contribution is 0.476. The van der Waals surface area contributed by atoms with Gasteiger partial charge in [-0.1, -0.05) is 0 Å². The van der Waals surface area contributed by atoms with E-state index in [4.69, 9.17) is 0 Å². The van der Waals surface area contributed by atoms with Crippen LogP contribution in [-0.4, -0.2) is 10.1 Å². The summed E-state index contributed by atoms with van der Waals surface area (Å²) in [7, 11) is 0. The number of fused-ring (bicyclic) bond motifs is 3. The molecule has 16 heavy (non-hydrogen) atoms. The monoisotopic (exact) mass is 253 g/mol. The van der Waals surface area contributed by atoms with E-state index in [1.165, 1.54) is 11.3 Å². The molecule has 0 radical (unpaired) electrons. The van der Waals surface area contributed by atoms with Crippen molar-refractivity contribution in [3.8, 4) is 5.75 Å². The third-order valence-corrected chi connectivity index (χ3v) is 3.33. The van der Waals surface area contributed by atoms with Crippen LogP contribution in [0.15, 0.2) is 34.4 Å². The van der Waals surface area contributed by atoms with Gasteiger partial charge in [0.2, 0.25) is 0 Å². The SMILES string of the molecule is Cl.O=c1[nH]c2ccc(O)cc2c2ccsc12. The van der Waals surface area contributed by atoms with Crippen LogP contribution in [0.25, 0.3) is 21.0 Å². The van der Waals surface area contributed by atoms with E-state index in [0.29, 0.717) is 4.70 Å². The van der Waals surface area contributed by atoms with Crippen molar-refractivity contribution < 1.29 is 5.11 Å². The molecule has 0 spiro atoms. The van der Waals surface area contributed by atoms with E-state index in [0.717, 1.165) is 16.3 Å². The van der Waals surface area contributed by atoms with Crippen molar-refractivity contribution in [2.75, 3.05) is 0 Å². The standard InChI is InChI=1S/C11H7NO2S.ClH/c13-6-1-2-9-8(5-6)7-3-4-15-10(7)11(14)12-9;/h1-5,13H,(H,12,14);1H. The topological polar surface area (TPSA) is 53.1 Å². The molecule has 0 atom stereocenters. The van der Waals surface area contributed by atoms with E-state index >= 15 is 0 Å². The first kappa shape index (κ1) is 11.0. The molecule has 0 bridgehead atoms. The zero-order valence-electron chi connectivity index (χ0n) is 8.06. The summed E-state index contributed by atoms with van der Waals surface area (Å²) in [6.07, 6.45) is 0.